The number of rotatable bonds is 10. The Morgan fingerprint density at radius 1 is 0.850 bits per heavy atom. The number of anilines is 2. The molecule has 4 amide bonds. The second-order valence-electron chi connectivity index (χ2n) is 17.4. The maximum absolute atomic E-state index is 13.4. The molecule has 4 fully saturated rings. The Morgan fingerprint density at radius 3 is 2.30 bits per heavy atom. The lowest BCUT2D eigenvalue weighted by Crippen LogP contribution is -2.54. The van der Waals surface area contributed by atoms with Crippen LogP contribution < -0.4 is 19.9 Å². The van der Waals surface area contributed by atoms with Crippen molar-refractivity contribution in [3.8, 4) is 11.8 Å². The highest BCUT2D eigenvalue weighted by Crippen LogP contribution is 2.38. The van der Waals surface area contributed by atoms with E-state index in [0.29, 0.717) is 46.1 Å². The minimum atomic E-state index is -0.965. The highest BCUT2D eigenvalue weighted by atomic mass is 35.5. The second-order valence-corrected chi connectivity index (χ2v) is 17.8. The van der Waals surface area contributed by atoms with Crippen molar-refractivity contribution in [1.29, 1.82) is 5.26 Å². The van der Waals surface area contributed by atoms with Crippen molar-refractivity contribution in [2.75, 3.05) is 55.6 Å². The number of aromatic nitrogens is 2. The number of benzene rings is 3. The molecule has 1 N–H and O–H groups in total. The monoisotopic (exact) mass is 826 g/mol. The van der Waals surface area contributed by atoms with Gasteiger partial charge in [0.2, 0.25) is 17.8 Å². The molecule has 3 unspecified atom stereocenters. The van der Waals surface area contributed by atoms with Gasteiger partial charge in [0.25, 0.3) is 11.8 Å². The zero-order valence-electron chi connectivity index (χ0n) is 33.8. The Balaban J connectivity index is 0.734. The second kappa shape index (κ2) is 16.0. The summed E-state index contributed by atoms with van der Waals surface area (Å²) in [5.41, 5.74) is 4.63. The molecule has 1 aromatic heterocycles. The number of hydrogen-bond donors (Lipinski definition) is 1. The lowest BCUT2D eigenvalue weighted by atomic mass is 9.78. The van der Waals surface area contributed by atoms with Gasteiger partial charge in [-0.1, -0.05) is 37.6 Å². The van der Waals surface area contributed by atoms with Gasteiger partial charge in [-0.05, 0) is 103 Å². The fourth-order valence-electron chi connectivity index (χ4n) is 9.71. The molecule has 4 saturated heterocycles. The third kappa shape index (κ3) is 7.70. The van der Waals surface area contributed by atoms with Gasteiger partial charge in [-0.3, -0.25) is 29.4 Å². The van der Waals surface area contributed by atoms with E-state index in [9.17, 15) is 24.4 Å². The van der Waals surface area contributed by atoms with Crippen molar-refractivity contribution in [1.82, 2.24) is 25.1 Å². The average molecular weight is 827 g/mol. The molecule has 14 heteroatoms. The zero-order chi connectivity index (χ0) is 41.7. The molecule has 0 spiro atoms. The van der Waals surface area contributed by atoms with Gasteiger partial charge in [-0.2, -0.15) is 5.26 Å². The number of ether oxygens (including phenoxy) is 1. The molecule has 5 aliphatic rings. The first kappa shape index (κ1) is 39.6. The Bertz CT molecular complexity index is 2390. The molecule has 6 heterocycles. The summed E-state index contributed by atoms with van der Waals surface area (Å²) in [5, 5.41) is 12.2. The Kier molecular flexibility index (Phi) is 10.5. The smallest absolute Gasteiger partial charge is 0.262 e. The van der Waals surface area contributed by atoms with Crippen LogP contribution >= 0.6 is 11.6 Å². The van der Waals surface area contributed by atoms with Crippen LogP contribution in [-0.4, -0.2) is 95.3 Å². The topological polar surface area (TPSA) is 152 Å². The fourth-order valence-corrected chi connectivity index (χ4v) is 9.95. The van der Waals surface area contributed by atoms with E-state index in [1.54, 1.807) is 18.2 Å². The normalized spacial score (nSPS) is 22.2. The van der Waals surface area contributed by atoms with Crippen molar-refractivity contribution in [3.63, 3.8) is 0 Å². The maximum Gasteiger partial charge on any atom is 0.262 e. The van der Waals surface area contributed by atoms with Crippen LogP contribution in [0.5, 0.6) is 5.75 Å². The summed E-state index contributed by atoms with van der Waals surface area (Å²) in [5.74, 6) is 1.23. The van der Waals surface area contributed by atoms with E-state index in [-0.39, 0.29) is 24.2 Å². The molecule has 9 rings (SSSR count). The van der Waals surface area contributed by atoms with E-state index < -0.39 is 23.8 Å². The van der Waals surface area contributed by atoms with Crippen LogP contribution in [0, 0.1) is 29.1 Å². The average Bonchev–Trinajstić information content (AvgIpc) is 3.90. The summed E-state index contributed by atoms with van der Waals surface area (Å²) >= 11 is 6.30. The molecular formula is C46H47ClN8O5. The van der Waals surface area contributed by atoms with Gasteiger partial charge in [-0.25, -0.2) is 9.97 Å². The fraction of sp³-hybridized carbons (Fsp3) is 0.413. The summed E-state index contributed by atoms with van der Waals surface area (Å²) in [6.07, 6.45) is 4.21. The predicted octanol–water partition coefficient (Wildman–Crippen LogP) is 5.59. The van der Waals surface area contributed by atoms with Crippen LogP contribution in [0.4, 0.5) is 11.6 Å². The summed E-state index contributed by atoms with van der Waals surface area (Å²) in [7, 11) is 0. The molecule has 13 nitrogen and oxygen atoms in total. The Labute approximate surface area is 354 Å². The molecule has 0 saturated carbocycles. The van der Waals surface area contributed by atoms with Gasteiger partial charge in [-0.15, -0.1) is 0 Å². The number of fused-ring (bicyclic) bond motifs is 2. The number of nitrogens with one attached hydrogen (secondary N) is 1. The van der Waals surface area contributed by atoms with Crippen LogP contribution in [0.25, 0.3) is 0 Å². The van der Waals surface area contributed by atoms with Crippen LogP contribution in [0.1, 0.15) is 82.6 Å². The van der Waals surface area contributed by atoms with Gasteiger partial charge >= 0.3 is 0 Å². The van der Waals surface area contributed by atoms with Gasteiger partial charge in [0, 0.05) is 74.6 Å². The first-order valence-corrected chi connectivity index (χ1v) is 21.2. The van der Waals surface area contributed by atoms with E-state index >= 15 is 0 Å². The molecule has 3 atom stereocenters. The number of piperidine rings is 2. The van der Waals surface area contributed by atoms with Crippen LogP contribution in [-0.2, 0) is 21.6 Å². The molecule has 0 aliphatic carbocycles. The predicted molar refractivity (Wildman–Crippen MR) is 225 cm³/mol. The van der Waals surface area contributed by atoms with Crippen molar-refractivity contribution >= 4 is 46.9 Å². The number of hydrogen-bond acceptors (Lipinski definition) is 11. The van der Waals surface area contributed by atoms with E-state index in [1.165, 1.54) is 0 Å². The van der Waals surface area contributed by atoms with Crippen molar-refractivity contribution in [2.45, 2.75) is 57.6 Å². The van der Waals surface area contributed by atoms with E-state index in [1.807, 2.05) is 54.7 Å². The van der Waals surface area contributed by atoms with Gasteiger partial charge < -0.3 is 19.4 Å². The largest absolute Gasteiger partial charge is 0.487 e. The van der Waals surface area contributed by atoms with Gasteiger partial charge in [0.05, 0.1) is 28.5 Å². The summed E-state index contributed by atoms with van der Waals surface area (Å²) in [6.45, 7) is 11.3. The number of likely N-dealkylation sites (tertiary alicyclic amines) is 1. The highest BCUT2D eigenvalue weighted by molar-refractivity contribution is 6.30. The number of imide groups is 2. The number of carbonyl (C=O) groups excluding carboxylic acids is 4. The Morgan fingerprint density at radius 2 is 1.58 bits per heavy atom. The molecule has 60 heavy (non-hydrogen) atoms. The molecule has 4 aromatic rings. The molecule has 3 aromatic carbocycles. The standard InChI is InChI=1S/C46H47ClN8O5/c1-46(2,33-17-29(21-48)18-34(47)19-33)32-3-6-37(7-4-32)60-27-35-11-14-49-45(50-35)53-15-12-28(13-16-53)22-52-23-30-25-54(26-31(30)24-52)36-5-8-38-39(20-36)44(59)55(43(38)58)40-9-10-41(56)51-42(40)57/h3-8,11,14,17-20,28,30-31,40H,9-10,12-13,15-16,22-27H2,1-2H3,(H,51,56,57). The van der Waals surface area contributed by atoms with Crippen LogP contribution in [0.2, 0.25) is 5.02 Å². The molecule has 5 aliphatic heterocycles. The summed E-state index contributed by atoms with van der Waals surface area (Å²) < 4.78 is 6.14. The van der Waals surface area contributed by atoms with Gasteiger partial charge in [0.15, 0.2) is 0 Å². The van der Waals surface area contributed by atoms with E-state index in [2.05, 4.69) is 44.9 Å². The van der Waals surface area contributed by atoms with Crippen LogP contribution in [0.15, 0.2) is 72.9 Å². The minimum Gasteiger partial charge on any atom is -0.487 e. The van der Waals surface area contributed by atoms with Crippen molar-refractivity contribution in [2.24, 2.45) is 17.8 Å². The number of nitriles is 1. The third-order valence-electron chi connectivity index (χ3n) is 13.2. The third-order valence-corrected chi connectivity index (χ3v) is 13.4. The molecule has 0 bridgehead atoms. The maximum atomic E-state index is 13.4. The van der Waals surface area contributed by atoms with Crippen LogP contribution in [0.3, 0.4) is 0 Å². The molecular weight excluding hydrogens is 780 g/mol. The molecule has 308 valence electrons. The summed E-state index contributed by atoms with van der Waals surface area (Å²) in [4.78, 5) is 68.4. The number of carbonyl (C=O) groups is 4. The van der Waals surface area contributed by atoms with Crippen molar-refractivity contribution in [3.05, 3.63) is 111 Å². The minimum absolute atomic E-state index is 0.0983. The first-order chi connectivity index (χ1) is 28.9. The Hall–Kier alpha value is -5.84. The number of halogens is 1. The van der Waals surface area contributed by atoms with Crippen molar-refractivity contribution < 1.29 is 23.9 Å². The lowest BCUT2D eigenvalue weighted by molar-refractivity contribution is -0.136. The lowest BCUT2D eigenvalue weighted by Gasteiger charge is -2.34. The van der Waals surface area contributed by atoms with Gasteiger partial charge in [0.1, 0.15) is 18.4 Å². The first-order valence-electron chi connectivity index (χ1n) is 20.8. The number of amides is 4. The SMILES string of the molecule is CC(C)(c1ccc(OCc2ccnc(N3CCC(CN4CC5CN(c6ccc7c(c6)C(=O)N(C6CCC(=O)NC6=O)C7=O)CC5C4)CC3)n2)cc1)c1cc(Cl)cc(C#N)c1. The zero-order valence-corrected chi connectivity index (χ0v) is 34.5. The van der Waals surface area contributed by atoms with E-state index in [4.69, 9.17) is 21.3 Å². The quantitative estimate of drug-likeness (QED) is 0.199. The number of nitrogens with zero attached hydrogens (tertiary/aromatic N) is 7. The highest BCUT2D eigenvalue weighted by Gasteiger charge is 2.46. The van der Waals surface area contributed by atoms with E-state index in [0.717, 1.165) is 97.8 Å². The summed E-state index contributed by atoms with van der Waals surface area (Å²) in [6, 6.07) is 22.0. The molecule has 0 radical (unpaired) electrons.